The number of halogens is 3. The van der Waals surface area contributed by atoms with Crippen LogP contribution in [-0.2, 0) is 0 Å². The van der Waals surface area contributed by atoms with Gasteiger partial charge in [0.15, 0.2) is 0 Å². The molecule has 1 unspecified atom stereocenters. The lowest BCUT2D eigenvalue weighted by atomic mass is 10.0. The van der Waals surface area contributed by atoms with Crippen LogP contribution in [0.5, 0.6) is 0 Å². The summed E-state index contributed by atoms with van der Waals surface area (Å²) in [6, 6.07) is 16.0. The van der Waals surface area contributed by atoms with Gasteiger partial charge in [-0.3, -0.25) is 0 Å². The average Bonchev–Trinajstić information content (AvgIpc) is 2.47. The molecule has 1 atom stereocenters. The first kappa shape index (κ1) is 14.9. The first-order valence-electron chi connectivity index (χ1n) is 6.37. The molecule has 0 aromatic heterocycles. The molecular formula is C16H13F3N2. The summed E-state index contributed by atoms with van der Waals surface area (Å²) in [5.41, 5.74) is 1.25. The first-order valence-corrected chi connectivity index (χ1v) is 6.37. The lowest BCUT2D eigenvalue weighted by Gasteiger charge is -2.22. The van der Waals surface area contributed by atoms with E-state index >= 15 is 0 Å². The highest BCUT2D eigenvalue weighted by Gasteiger charge is 2.32. The van der Waals surface area contributed by atoms with Crippen molar-refractivity contribution in [1.82, 2.24) is 0 Å². The van der Waals surface area contributed by atoms with Crippen LogP contribution < -0.4 is 5.32 Å². The molecule has 5 heteroatoms. The van der Waals surface area contributed by atoms with Crippen LogP contribution in [0.3, 0.4) is 0 Å². The lowest BCUT2D eigenvalue weighted by molar-refractivity contribution is -0.137. The molecule has 2 nitrogen and oxygen atoms in total. The van der Waals surface area contributed by atoms with Gasteiger partial charge in [0.2, 0.25) is 0 Å². The van der Waals surface area contributed by atoms with Gasteiger partial charge in [-0.05, 0) is 17.7 Å². The molecule has 0 aliphatic carbocycles. The summed E-state index contributed by atoms with van der Waals surface area (Å²) < 4.78 is 38.3. The van der Waals surface area contributed by atoms with E-state index in [9.17, 15) is 13.2 Å². The zero-order chi connectivity index (χ0) is 15.3. The zero-order valence-corrected chi connectivity index (χ0v) is 11.1. The Morgan fingerprint density at radius 3 is 2.24 bits per heavy atom. The molecule has 0 radical (unpaired) electrons. The third kappa shape index (κ3) is 4.25. The van der Waals surface area contributed by atoms with Gasteiger partial charge in [0.05, 0.1) is 23.7 Å². The van der Waals surface area contributed by atoms with E-state index in [1.54, 1.807) is 54.6 Å². The number of anilines is 1. The summed E-state index contributed by atoms with van der Waals surface area (Å²) >= 11 is 0. The summed E-state index contributed by atoms with van der Waals surface area (Å²) in [5.74, 6) is 0. The van der Waals surface area contributed by atoms with Crippen LogP contribution in [0.2, 0.25) is 0 Å². The molecule has 108 valence electrons. The summed E-state index contributed by atoms with van der Waals surface area (Å²) in [4.78, 5) is 0. The molecule has 0 fully saturated rings. The Bertz CT molecular complexity index is 630. The zero-order valence-electron chi connectivity index (χ0n) is 11.1. The second kappa shape index (κ2) is 6.31. The van der Waals surface area contributed by atoms with E-state index in [0.717, 1.165) is 0 Å². The molecule has 21 heavy (non-hydrogen) atoms. The van der Waals surface area contributed by atoms with Gasteiger partial charge in [0, 0.05) is 0 Å². The Morgan fingerprint density at radius 1 is 1.00 bits per heavy atom. The number of hydrogen-bond donors (Lipinski definition) is 1. The van der Waals surface area contributed by atoms with E-state index in [-0.39, 0.29) is 0 Å². The number of nitrogens with zero attached hydrogens (tertiary/aromatic N) is 1. The van der Waals surface area contributed by atoms with Gasteiger partial charge in [-0.25, -0.2) is 0 Å². The molecule has 0 aliphatic heterocycles. The fourth-order valence-electron chi connectivity index (χ4n) is 2.06. The highest BCUT2D eigenvalue weighted by Crippen LogP contribution is 2.32. The van der Waals surface area contributed by atoms with E-state index in [2.05, 4.69) is 5.32 Å². The molecule has 2 aromatic rings. The van der Waals surface area contributed by atoms with Crippen LogP contribution in [0.1, 0.15) is 23.6 Å². The Labute approximate surface area is 120 Å². The van der Waals surface area contributed by atoms with Gasteiger partial charge in [0.1, 0.15) is 6.07 Å². The van der Waals surface area contributed by atoms with Gasteiger partial charge in [-0.1, -0.05) is 42.5 Å². The molecule has 0 saturated carbocycles. The highest BCUT2D eigenvalue weighted by molar-refractivity contribution is 5.58. The minimum atomic E-state index is -4.30. The molecule has 0 heterocycles. The minimum Gasteiger partial charge on any atom is -0.377 e. The fourth-order valence-corrected chi connectivity index (χ4v) is 2.06. The maximum Gasteiger partial charge on any atom is 0.391 e. The first-order chi connectivity index (χ1) is 9.99. The second-order valence-corrected chi connectivity index (χ2v) is 4.58. The normalized spacial score (nSPS) is 12.5. The number of hydrogen-bond acceptors (Lipinski definition) is 2. The van der Waals surface area contributed by atoms with Crippen molar-refractivity contribution in [2.24, 2.45) is 0 Å². The maximum absolute atomic E-state index is 12.8. The summed E-state index contributed by atoms with van der Waals surface area (Å²) in [6.07, 6.45) is -5.30. The second-order valence-electron chi connectivity index (χ2n) is 4.58. The highest BCUT2D eigenvalue weighted by atomic mass is 19.4. The summed E-state index contributed by atoms with van der Waals surface area (Å²) in [5, 5.41) is 11.9. The minimum absolute atomic E-state index is 0.320. The van der Waals surface area contributed by atoms with Gasteiger partial charge in [-0.2, -0.15) is 18.4 Å². The van der Waals surface area contributed by atoms with E-state index in [4.69, 9.17) is 5.26 Å². The number of para-hydroxylation sites is 1. The largest absolute Gasteiger partial charge is 0.391 e. The van der Waals surface area contributed by atoms with Crippen molar-refractivity contribution in [1.29, 1.82) is 5.26 Å². The van der Waals surface area contributed by atoms with E-state index in [1.165, 1.54) is 0 Å². The third-order valence-corrected chi connectivity index (χ3v) is 3.01. The summed E-state index contributed by atoms with van der Waals surface area (Å²) in [7, 11) is 0. The Balaban J connectivity index is 2.31. The lowest BCUT2D eigenvalue weighted by Crippen LogP contribution is -2.20. The molecule has 0 spiro atoms. The molecule has 2 aromatic carbocycles. The third-order valence-electron chi connectivity index (χ3n) is 3.01. The van der Waals surface area contributed by atoms with Crippen molar-refractivity contribution in [3.63, 3.8) is 0 Å². The average molecular weight is 290 g/mol. The SMILES string of the molecule is N#Cc1ccccc1NC(CC(F)(F)F)c1ccccc1. The van der Waals surface area contributed by atoms with Crippen LogP contribution in [-0.4, -0.2) is 6.18 Å². The van der Waals surface area contributed by atoms with Crippen molar-refractivity contribution in [2.75, 3.05) is 5.32 Å². The maximum atomic E-state index is 12.8. The van der Waals surface area contributed by atoms with Gasteiger partial charge >= 0.3 is 6.18 Å². The van der Waals surface area contributed by atoms with Crippen molar-refractivity contribution < 1.29 is 13.2 Å². The number of nitriles is 1. The van der Waals surface area contributed by atoms with Gasteiger partial charge in [0.25, 0.3) is 0 Å². The Hall–Kier alpha value is -2.48. The van der Waals surface area contributed by atoms with Crippen LogP contribution in [0.4, 0.5) is 18.9 Å². The van der Waals surface area contributed by atoms with Crippen LogP contribution in [0, 0.1) is 11.3 Å². The molecule has 2 rings (SSSR count). The summed E-state index contributed by atoms with van der Waals surface area (Å²) in [6.45, 7) is 0. The van der Waals surface area contributed by atoms with Crippen molar-refractivity contribution in [3.8, 4) is 6.07 Å². The molecule has 0 aliphatic rings. The number of alkyl halides is 3. The fraction of sp³-hybridized carbons (Fsp3) is 0.188. The Morgan fingerprint density at radius 2 is 1.62 bits per heavy atom. The van der Waals surface area contributed by atoms with Crippen molar-refractivity contribution in [3.05, 3.63) is 65.7 Å². The standard InChI is InChI=1S/C16H13F3N2/c17-16(18,19)10-15(12-6-2-1-3-7-12)21-14-9-5-4-8-13(14)11-20/h1-9,15,21H,10H2. The Kier molecular flexibility index (Phi) is 4.49. The predicted molar refractivity (Wildman–Crippen MR) is 74.6 cm³/mol. The number of rotatable bonds is 4. The van der Waals surface area contributed by atoms with Crippen LogP contribution >= 0.6 is 0 Å². The van der Waals surface area contributed by atoms with Crippen molar-refractivity contribution in [2.45, 2.75) is 18.6 Å². The van der Waals surface area contributed by atoms with E-state index < -0.39 is 18.6 Å². The molecular weight excluding hydrogens is 277 g/mol. The van der Waals surface area contributed by atoms with Crippen LogP contribution in [0.25, 0.3) is 0 Å². The molecule has 1 N–H and O–H groups in total. The van der Waals surface area contributed by atoms with Crippen molar-refractivity contribution >= 4 is 5.69 Å². The van der Waals surface area contributed by atoms with E-state index in [1.807, 2.05) is 6.07 Å². The molecule has 0 amide bonds. The molecule has 0 saturated heterocycles. The predicted octanol–water partition coefficient (Wildman–Crippen LogP) is 4.66. The smallest absolute Gasteiger partial charge is 0.377 e. The van der Waals surface area contributed by atoms with Gasteiger partial charge in [-0.15, -0.1) is 0 Å². The number of nitrogens with one attached hydrogen (secondary N) is 1. The number of benzene rings is 2. The molecule has 0 bridgehead atoms. The van der Waals surface area contributed by atoms with E-state index in [0.29, 0.717) is 16.8 Å². The topological polar surface area (TPSA) is 35.8 Å². The van der Waals surface area contributed by atoms with Crippen LogP contribution in [0.15, 0.2) is 54.6 Å². The quantitative estimate of drug-likeness (QED) is 0.888. The van der Waals surface area contributed by atoms with Gasteiger partial charge < -0.3 is 5.32 Å². The monoisotopic (exact) mass is 290 g/mol.